The summed E-state index contributed by atoms with van der Waals surface area (Å²) in [4.78, 5) is 22.0. The predicted octanol–water partition coefficient (Wildman–Crippen LogP) is 3.43. The van der Waals surface area contributed by atoms with Crippen molar-refractivity contribution in [2.24, 2.45) is 5.92 Å². The number of hydrogen-bond acceptors (Lipinski definition) is 6. The average molecular weight is 473 g/mol. The molecule has 0 radical (unpaired) electrons. The molecule has 0 unspecified atom stereocenters. The highest BCUT2D eigenvalue weighted by Gasteiger charge is 2.28. The largest absolute Gasteiger partial charge is 0.356 e. The Balaban J connectivity index is 1.26. The number of nitrogens with zero attached hydrogens (tertiary/aromatic N) is 6. The third-order valence-electron chi connectivity index (χ3n) is 6.91. The molecule has 0 atom stereocenters. The fourth-order valence-electron chi connectivity index (χ4n) is 4.87. The molecule has 5 rings (SSSR count). The third-order valence-corrected chi connectivity index (χ3v) is 6.91. The number of hydrogen-bond donors (Lipinski definition) is 2. The van der Waals surface area contributed by atoms with Crippen LogP contribution in [0, 0.1) is 26.7 Å². The second-order valence-corrected chi connectivity index (χ2v) is 9.40. The van der Waals surface area contributed by atoms with E-state index < -0.39 is 0 Å². The lowest BCUT2D eigenvalue weighted by Gasteiger charge is -2.32. The Morgan fingerprint density at radius 1 is 1.11 bits per heavy atom. The lowest BCUT2D eigenvalue weighted by atomic mass is 9.95. The van der Waals surface area contributed by atoms with Crippen LogP contribution >= 0.6 is 0 Å². The number of nitrogens with one attached hydrogen (secondary N) is 2. The second kappa shape index (κ2) is 9.85. The van der Waals surface area contributed by atoms with E-state index in [0.29, 0.717) is 6.54 Å². The van der Waals surface area contributed by atoms with E-state index in [1.807, 2.05) is 17.8 Å². The van der Waals surface area contributed by atoms with Crippen molar-refractivity contribution in [3.8, 4) is 5.69 Å². The molecule has 3 aromatic heterocycles. The van der Waals surface area contributed by atoms with Crippen molar-refractivity contribution in [1.82, 2.24) is 35.3 Å². The Labute approximate surface area is 205 Å². The predicted molar refractivity (Wildman–Crippen MR) is 136 cm³/mol. The Morgan fingerprint density at radius 3 is 2.60 bits per heavy atom. The van der Waals surface area contributed by atoms with Crippen LogP contribution in [-0.2, 0) is 11.2 Å². The molecule has 1 aliphatic heterocycles. The van der Waals surface area contributed by atoms with Gasteiger partial charge in [-0.25, -0.2) is 9.67 Å². The lowest BCUT2D eigenvalue weighted by molar-refractivity contribution is -0.125. The van der Waals surface area contributed by atoms with Crippen LogP contribution in [0.15, 0.2) is 36.8 Å². The molecule has 35 heavy (non-hydrogen) atoms. The summed E-state index contributed by atoms with van der Waals surface area (Å²) < 4.78 is 1.98. The number of piperidine rings is 1. The average Bonchev–Trinajstić information content (AvgIpc) is 3.51. The molecule has 4 heterocycles. The van der Waals surface area contributed by atoms with E-state index in [-0.39, 0.29) is 11.8 Å². The van der Waals surface area contributed by atoms with Crippen molar-refractivity contribution >= 4 is 22.6 Å². The second-order valence-electron chi connectivity index (χ2n) is 9.40. The van der Waals surface area contributed by atoms with E-state index in [0.717, 1.165) is 78.3 Å². The van der Waals surface area contributed by atoms with Gasteiger partial charge in [-0.1, -0.05) is 17.7 Å². The number of carbonyl (C=O) groups is 1. The van der Waals surface area contributed by atoms with Gasteiger partial charge in [-0.05, 0) is 58.6 Å². The fourth-order valence-corrected chi connectivity index (χ4v) is 4.87. The molecule has 0 spiro atoms. The fraction of sp³-hybridized carbons (Fsp3) is 0.423. The summed E-state index contributed by atoms with van der Waals surface area (Å²) in [6.45, 7) is 8.34. The topological polar surface area (TPSA) is 105 Å². The van der Waals surface area contributed by atoms with Gasteiger partial charge in [-0.3, -0.25) is 4.79 Å². The number of carbonyl (C=O) groups excluding carboxylic acids is 1. The highest BCUT2D eigenvalue weighted by molar-refractivity contribution is 5.92. The van der Waals surface area contributed by atoms with Crippen LogP contribution in [0.2, 0.25) is 0 Å². The summed E-state index contributed by atoms with van der Waals surface area (Å²) in [5.74, 6) is 0.978. The number of rotatable bonds is 7. The first kappa shape index (κ1) is 23.0. The summed E-state index contributed by atoms with van der Waals surface area (Å²) in [5, 5.41) is 18.1. The molecular weight excluding hydrogens is 440 g/mol. The van der Waals surface area contributed by atoms with Gasteiger partial charge in [0.05, 0.1) is 28.8 Å². The van der Waals surface area contributed by atoms with Crippen molar-refractivity contribution in [1.29, 1.82) is 0 Å². The van der Waals surface area contributed by atoms with Crippen LogP contribution in [-0.4, -0.2) is 55.5 Å². The molecule has 4 aromatic rings. The molecular formula is C26H32N8O. The maximum absolute atomic E-state index is 12.7. The van der Waals surface area contributed by atoms with Crippen LogP contribution in [0.4, 0.5) is 5.82 Å². The zero-order chi connectivity index (χ0) is 24.4. The number of anilines is 1. The summed E-state index contributed by atoms with van der Waals surface area (Å²) in [6.07, 6.45) is 6.88. The first-order chi connectivity index (χ1) is 17.0. The van der Waals surface area contributed by atoms with Crippen molar-refractivity contribution in [3.63, 3.8) is 0 Å². The van der Waals surface area contributed by atoms with Gasteiger partial charge >= 0.3 is 0 Å². The van der Waals surface area contributed by atoms with Crippen LogP contribution in [0.25, 0.3) is 16.6 Å². The van der Waals surface area contributed by atoms with Crippen LogP contribution < -0.4 is 10.2 Å². The highest BCUT2D eigenvalue weighted by atomic mass is 16.1. The third kappa shape index (κ3) is 4.76. The molecule has 0 aliphatic carbocycles. The summed E-state index contributed by atoms with van der Waals surface area (Å²) in [7, 11) is 0. The summed E-state index contributed by atoms with van der Waals surface area (Å²) >= 11 is 0. The maximum Gasteiger partial charge on any atom is 0.223 e. The molecule has 1 aromatic carbocycles. The number of aromatic amines is 1. The van der Waals surface area contributed by atoms with Gasteiger partial charge in [0, 0.05) is 37.4 Å². The van der Waals surface area contributed by atoms with Gasteiger partial charge in [0.25, 0.3) is 0 Å². The SMILES string of the molecule is Cc1ccc(-n2nc3c(N4CCC(C(=O)NCCCc5cnc[nH]5)CC4)nnc(C)c3c2C)cc1. The molecule has 9 heteroatoms. The quantitative estimate of drug-likeness (QED) is 0.399. The smallest absolute Gasteiger partial charge is 0.223 e. The highest BCUT2D eigenvalue weighted by Crippen LogP contribution is 2.31. The minimum absolute atomic E-state index is 0.0270. The molecule has 182 valence electrons. The van der Waals surface area contributed by atoms with Gasteiger partial charge in [0.2, 0.25) is 5.91 Å². The van der Waals surface area contributed by atoms with Gasteiger partial charge < -0.3 is 15.2 Å². The van der Waals surface area contributed by atoms with Gasteiger partial charge in [0.15, 0.2) is 5.82 Å². The standard InChI is InChI=1S/C26H32N8O/c1-17-6-8-22(9-7-17)34-19(3)23-18(2)30-31-25(24(23)32-34)33-13-10-20(11-14-33)26(35)28-12-4-5-21-15-27-16-29-21/h6-9,15-16,20H,4-5,10-14H2,1-3H3,(H,27,29)(H,28,35). The number of H-pyrrole nitrogens is 1. The maximum atomic E-state index is 12.7. The number of fused-ring (bicyclic) bond motifs is 1. The number of aryl methyl sites for hydroxylation is 4. The molecule has 0 bridgehead atoms. The molecule has 1 amide bonds. The van der Waals surface area contributed by atoms with Crippen LogP contribution in [0.3, 0.4) is 0 Å². The minimum atomic E-state index is 0.0270. The van der Waals surface area contributed by atoms with E-state index in [2.05, 4.69) is 68.5 Å². The van der Waals surface area contributed by atoms with Gasteiger partial charge in [-0.2, -0.15) is 10.2 Å². The Hall–Kier alpha value is -3.75. The van der Waals surface area contributed by atoms with E-state index in [9.17, 15) is 4.79 Å². The van der Waals surface area contributed by atoms with Gasteiger partial charge in [0.1, 0.15) is 5.52 Å². The van der Waals surface area contributed by atoms with E-state index in [4.69, 9.17) is 5.10 Å². The lowest BCUT2D eigenvalue weighted by Crippen LogP contribution is -2.41. The monoisotopic (exact) mass is 472 g/mol. The zero-order valence-electron chi connectivity index (χ0n) is 20.6. The number of amides is 1. The molecule has 1 aliphatic rings. The first-order valence-electron chi connectivity index (χ1n) is 12.3. The van der Waals surface area contributed by atoms with Crippen LogP contribution in [0.5, 0.6) is 0 Å². The van der Waals surface area contributed by atoms with E-state index >= 15 is 0 Å². The minimum Gasteiger partial charge on any atom is -0.356 e. The van der Waals surface area contributed by atoms with Crippen molar-refractivity contribution in [2.45, 2.75) is 46.5 Å². The van der Waals surface area contributed by atoms with Crippen molar-refractivity contribution < 1.29 is 4.79 Å². The zero-order valence-corrected chi connectivity index (χ0v) is 20.6. The van der Waals surface area contributed by atoms with E-state index in [1.54, 1.807) is 6.33 Å². The number of aromatic nitrogens is 6. The molecule has 9 nitrogen and oxygen atoms in total. The normalized spacial score (nSPS) is 14.5. The van der Waals surface area contributed by atoms with Crippen molar-refractivity contribution in [2.75, 3.05) is 24.5 Å². The Kier molecular flexibility index (Phi) is 6.48. The molecule has 1 saturated heterocycles. The first-order valence-corrected chi connectivity index (χ1v) is 12.3. The Morgan fingerprint density at radius 2 is 1.89 bits per heavy atom. The summed E-state index contributed by atoms with van der Waals surface area (Å²) in [5.41, 5.74) is 6.15. The summed E-state index contributed by atoms with van der Waals surface area (Å²) in [6, 6.07) is 8.36. The number of benzene rings is 1. The van der Waals surface area contributed by atoms with Crippen LogP contribution in [0.1, 0.15) is 41.9 Å². The van der Waals surface area contributed by atoms with E-state index in [1.165, 1.54) is 5.56 Å². The molecule has 1 fully saturated rings. The van der Waals surface area contributed by atoms with Crippen molar-refractivity contribution in [3.05, 3.63) is 59.4 Å². The Bertz CT molecular complexity index is 1300. The van der Waals surface area contributed by atoms with Gasteiger partial charge in [-0.15, -0.1) is 5.10 Å². The molecule has 0 saturated carbocycles. The number of imidazole rings is 1. The molecule has 2 N–H and O–H groups in total.